The monoisotopic (exact) mass is 370 g/mol. The second kappa shape index (κ2) is 8.70. The molecular formula is C20H26N4O3. The van der Waals surface area contributed by atoms with Crippen LogP contribution in [0.5, 0.6) is 11.6 Å². The van der Waals surface area contributed by atoms with Crippen molar-refractivity contribution in [1.82, 2.24) is 15.1 Å². The van der Waals surface area contributed by atoms with E-state index in [1.807, 2.05) is 67.2 Å². The molecule has 0 bridgehead atoms. The van der Waals surface area contributed by atoms with Crippen molar-refractivity contribution in [3.63, 3.8) is 0 Å². The lowest BCUT2D eigenvalue weighted by molar-refractivity contribution is 0.0522. The quantitative estimate of drug-likeness (QED) is 0.779. The summed E-state index contributed by atoms with van der Waals surface area (Å²) in [6.45, 7) is 3.67. The van der Waals surface area contributed by atoms with Crippen LogP contribution in [0.4, 0.5) is 5.82 Å². The van der Waals surface area contributed by atoms with Crippen LogP contribution >= 0.6 is 0 Å². The van der Waals surface area contributed by atoms with Crippen molar-refractivity contribution in [1.29, 1.82) is 0 Å². The van der Waals surface area contributed by atoms with Gasteiger partial charge in [-0.2, -0.15) is 0 Å². The molecule has 0 spiro atoms. The highest BCUT2D eigenvalue weighted by atomic mass is 16.5. The molecule has 1 saturated heterocycles. The summed E-state index contributed by atoms with van der Waals surface area (Å²) in [7, 11) is 3.82. The van der Waals surface area contributed by atoms with Crippen LogP contribution < -0.4 is 14.4 Å². The Bertz CT molecular complexity index is 764. The highest BCUT2D eigenvalue weighted by molar-refractivity contribution is 5.97. The van der Waals surface area contributed by atoms with Crippen molar-refractivity contribution >= 4 is 11.7 Å². The van der Waals surface area contributed by atoms with Gasteiger partial charge in [0.2, 0.25) is 5.88 Å². The molecular weight excluding hydrogens is 344 g/mol. The van der Waals surface area contributed by atoms with E-state index >= 15 is 0 Å². The number of benzene rings is 1. The summed E-state index contributed by atoms with van der Waals surface area (Å²) in [6.07, 6.45) is 1.67. The number of aromatic nitrogens is 2. The van der Waals surface area contributed by atoms with E-state index in [2.05, 4.69) is 10.2 Å². The van der Waals surface area contributed by atoms with E-state index in [-0.39, 0.29) is 12.0 Å². The van der Waals surface area contributed by atoms with Crippen molar-refractivity contribution in [2.45, 2.75) is 25.9 Å². The third-order valence-corrected chi connectivity index (χ3v) is 4.45. The maximum atomic E-state index is 13.0. The summed E-state index contributed by atoms with van der Waals surface area (Å²) >= 11 is 0. The molecule has 1 aromatic heterocycles. The number of nitrogens with zero attached hydrogens (tertiary/aromatic N) is 4. The van der Waals surface area contributed by atoms with Gasteiger partial charge in [-0.1, -0.05) is 12.1 Å². The number of para-hydroxylation sites is 1. The van der Waals surface area contributed by atoms with Gasteiger partial charge >= 0.3 is 0 Å². The van der Waals surface area contributed by atoms with Crippen LogP contribution in [-0.2, 0) is 0 Å². The van der Waals surface area contributed by atoms with E-state index in [9.17, 15) is 4.79 Å². The first-order valence-corrected chi connectivity index (χ1v) is 9.27. The molecule has 0 aliphatic carbocycles. The number of hydrogen-bond donors (Lipinski definition) is 0. The van der Waals surface area contributed by atoms with Gasteiger partial charge in [0.25, 0.3) is 5.91 Å². The van der Waals surface area contributed by atoms with Gasteiger partial charge in [-0.3, -0.25) is 4.79 Å². The zero-order valence-electron chi connectivity index (χ0n) is 16.1. The van der Waals surface area contributed by atoms with Gasteiger partial charge in [-0.25, -0.2) is 0 Å². The van der Waals surface area contributed by atoms with Crippen LogP contribution in [0.25, 0.3) is 0 Å². The predicted octanol–water partition coefficient (Wildman–Crippen LogP) is 2.62. The molecule has 3 rings (SSSR count). The zero-order chi connectivity index (χ0) is 19.2. The minimum absolute atomic E-state index is 0.0265. The summed E-state index contributed by atoms with van der Waals surface area (Å²) < 4.78 is 11.6. The standard InChI is InChI=1S/C20H26N4O3/c1-4-26-17-10-6-5-9-16(17)20(25)24-13-7-8-15(14-24)27-19-12-11-18(21-22-19)23(2)3/h5-6,9-12,15H,4,7-8,13-14H2,1-3H3. The van der Waals surface area contributed by atoms with Crippen LogP contribution in [-0.4, -0.2) is 60.9 Å². The van der Waals surface area contributed by atoms with E-state index < -0.39 is 0 Å². The van der Waals surface area contributed by atoms with Crippen molar-refractivity contribution < 1.29 is 14.3 Å². The molecule has 0 N–H and O–H groups in total. The summed E-state index contributed by atoms with van der Waals surface area (Å²) in [5.41, 5.74) is 0.593. The Kier molecular flexibility index (Phi) is 6.11. The van der Waals surface area contributed by atoms with Gasteiger partial charge in [-0.15, -0.1) is 10.2 Å². The van der Waals surface area contributed by atoms with Crippen LogP contribution in [0.3, 0.4) is 0 Å². The Balaban J connectivity index is 1.66. The lowest BCUT2D eigenvalue weighted by Crippen LogP contribution is -2.44. The number of anilines is 1. The molecule has 1 unspecified atom stereocenters. The van der Waals surface area contributed by atoms with E-state index in [4.69, 9.17) is 9.47 Å². The Hall–Kier alpha value is -2.83. The SMILES string of the molecule is CCOc1ccccc1C(=O)N1CCCC(Oc2ccc(N(C)C)nn2)C1. The summed E-state index contributed by atoms with van der Waals surface area (Å²) in [5, 5.41) is 8.25. The van der Waals surface area contributed by atoms with Crippen molar-refractivity contribution in [3.8, 4) is 11.6 Å². The summed E-state index contributed by atoms with van der Waals surface area (Å²) in [4.78, 5) is 16.7. The fraction of sp³-hybridized carbons (Fsp3) is 0.450. The normalized spacial score (nSPS) is 16.7. The smallest absolute Gasteiger partial charge is 0.257 e. The van der Waals surface area contributed by atoms with Gasteiger partial charge in [0.15, 0.2) is 5.82 Å². The number of ether oxygens (including phenoxy) is 2. The largest absolute Gasteiger partial charge is 0.493 e. The van der Waals surface area contributed by atoms with Crippen LogP contribution in [0.15, 0.2) is 36.4 Å². The maximum absolute atomic E-state index is 13.0. The van der Waals surface area contributed by atoms with Gasteiger partial charge in [0.05, 0.1) is 18.7 Å². The van der Waals surface area contributed by atoms with E-state index in [0.717, 1.165) is 18.7 Å². The molecule has 2 aromatic rings. The van der Waals surface area contributed by atoms with Crippen molar-refractivity contribution in [3.05, 3.63) is 42.0 Å². The van der Waals surface area contributed by atoms with Crippen LogP contribution in [0.1, 0.15) is 30.1 Å². The lowest BCUT2D eigenvalue weighted by Gasteiger charge is -2.33. The molecule has 7 nitrogen and oxygen atoms in total. The second-order valence-corrected chi connectivity index (χ2v) is 6.69. The minimum Gasteiger partial charge on any atom is -0.493 e. The molecule has 144 valence electrons. The molecule has 0 saturated carbocycles. The number of hydrogen-bond acceptors (Lipinski definition) is 6. The number of carbonyl (C=O) groups is 1. The van der Waals surface area contributed by atoms with Gasteiger partial charge < -0.3 is 19.3 Å². The first-order valence-electron chi connectivity index (χ1n) is 9.27. The second-order valence-electron chi connectivity index (χ2n) is 6.69. The third-order valence-electron chi connectivity index (χ3n) is 4.45. The molecule has 1 aliphatic rings. The fourth-order valence-corrected chi connectivity index (χ4v) is 3.10. The van der Waals surface area contributed by atoms with Crippen LogP contribution in [0.2, 0.25) is 0 Å². The maximum Gasteiger partial charge on any atom is 0.257 e. The van der Waals surface area contributed by atoms with Crippen LogP contribution in [0, 0.1) is 0 Å². The molecule has 1 atom stereocenters. The molecule has 7 heteroatoms. The lowest BCUT2D eigenvalue weighted by atomic mass is 10.1. The molecule has 1 aromatic carbocycles. The van der Waals surface area contributed by atoms with E-state index in [0.29, 0.717) is 36.9 Å². The summed E-state index contributed by atoms with van der Waals surface area (Å²) in [6, 6.07) is 11.1. The van der Waals surface area contributed by atoms with Gasteiger partial charge in [0, 0.05) is 26.7 Å². The number of amides is 1. The number of likely N-dealkylation sites (tertiary alicyclic amines) is 1. The van der Waals surface area contributed by atoms with E-state index in [1.165, 1.54) is 0 Å². The first kappa shape index (κ1) is 18.9. The molecule has 1 aliphatic heterocycles. The minimum atomic E-state index is -0.0959. The number of carbonyl (C=O) groups excluding carboxylic acids is 1. The van der Waals surface area contributed by atoms with Crippen molar-refractivity contribution in [2.75, 3.05) is 38.7 Å². The summed E-state index contributed by atoms with van der Waals surface area (Å²) in [5.74, 6) is 1.85. The highest BCUT2D eigenvalue weighted by Gasteiger charge is 2.27. The molecule has 27 heavy (non-hydrogen) atoms. The van der Waals surface area contributed by atoms with Gasteiger partial charge in [0.1, 0.15) is 11.9 Å². The molecule has 0 radical (unpaired) electrons. The Morgan fingerprint density at radius 1 is 1.22 bits per heavy atom. The molecule has 2 heterocycles. The van der Waals surface area contributed by atoms with Gasteiger partial charge in [-0.05, 0) is 38.0 Å². The number of piperidine rings is 1. The topological polar surface area (TPSA) is 67.8 Å². The third kappa shape index (κ3) is 4.67. The van der Waals surface area contributed by atoms with Crippen molar-refractivity contribution in [2.24, 2.45) is 0 Å². The first-order chi connectivity index (χ1) is 13.1. The predicted molar refractivity (Wildman–Crippen MR) is 104 cm³/mol. The fourth-order valence-electron chi connectivity index (χ4n) is 3.10. The number of rotatable bonds is 6. The molecule has 1 fully saturated rings. The Morgan fingerprint density at radius 3 is 2.74 bits per heavy atom. The highest BCUT2D eigenvalue weighted by Crippen LogP contribution is 2.23. The average Bonchev–Trinajstić information content (AvgIpc) is 2.69. The average molecular weight is 370 g/mol. The molecule has 1 amide bonds. The Morgan fingerprint density at radius 2 is 2.04 bits per heavy atom. The zero-order valence-corrected chi connectivity index (χ0v) is 16.1. The Labute approximate surface area is 159 Å². The van der Waals surface area contributed by atoms with E-state index in [1.54, 1.807) is 0 Å².